The van der Waals surface area contributed by atoms with Crippen LogP contribution in [0.1, 0.15) is 29.7 Å². The van der Waals surface area contributed by atoms with E-state index in [2.05, 4.69) is 35.6 Å². The standard InChI is InChI=1S/C22H26N2O3S.ClH/c25-16-12-18(23-14-16)21(26)24-9-7-22(8-10-24)17-13-20(15-4-2-1-3-5-15)28-19(17)6-11-27-22;/h1-5,13,16,18,23,25H,6-12,14H2;1H/t16-,18-;/m1./s1. The fourth-order valence-corrected chi connectivity index (χ4v) is 6.03. The first-order chi connectivity index (χ1) is 13.6. The van der Waals surface area contributed by atoms with Crippen molar-refractivity contribution < 1.29 is 14.6 Å². The maximum absolute atomic E-state index is 12.8. The molecule has 3 aliphatic rings. The van der Waals surface area contributed by atoms with Crippen molar-refractivity contribution in [3.63, 3.8) is 0 Å². The number of carbonyl (C=O) groups excluding carboxylic acids is 1. The van der Waals surface area contributed by atoms with E-state index in [4.69, 9.17) is 4.74 Å². The van der Waals surface area contributed by atoms with Crippen LogP contribution in [0.15, 0.2) is 36.4 Å². The molecule has 29 heavy (non-hydrogen) atoms. The van der Waals surface area contributed by atoms with E-state index in [0.717, 1.165) is 25.9 Å². The molecule has 5 nitrogen and oxygen atoms in total. The number of halogens is 1. The van der Waals surface area contributed by atoms with Crippen LogP contribution in [-0.2, 0) is 21.6 Å². The van der Waals surface area contributed by atoms with E-state index < -0.39 is 6.10 Å². The molecule has 1 aromatic heterocycles. The van der Waals surface area contributed by atoms with Gasteiger partial charge in [-0.3, -0.25) is 4.79 Å². The van der Waals surface area contributed by atoms with Crippen molar-refractivity contribution in [2.24, 2.45) is 0 Å². The maximum atomic E-state index is 12.8. The SMILES string of the molecule is Cl.O=C([C@H]1C[C@@H](O)CN1)N1CCC2(CC1)OCCc1sc(-c3ccccc3)cc12. The van der Waals surface area contributed by atoms with Crippen LogP contribution in [0.25, 0.3) is 10.4 Å². The predicted octanol–water partition coefficient (Wildman–Crippen LogP) is 2.95. The molecule has 2 N–H and O–H groups in total. The van der Waals surface area contributed by atoms with Gasteiger partial charge in [-0.25, -0.2) is 0 Å². The molecule has 0 unspecified atom stereocenters. The summed E-state index contributed by atoms with van der Waals surface area (Å²) in [5.41, 5.74) is 2.34. The smallest absolute Gasteiger partial charge is 0.239 e. The molecule has 0 radical (unpaired) electrons. The summed E-state index contributed by atoms with van der Waals surface area (Å²) in [4.78, 5) is 17.5. The number of carbonyl (C=O) groups is 1. The van der Waals surface area contributed by atoms with Crippen LogP contribution in [0.3, 0.4) is 0 Å². The van der Waals surface area contributed by atoms with Crippen molar-refractivity contribution in [1.82, 2.24) is 10.2 Å². The summed E-state index contributed by atoms with van der Waals surface area (Å²) >= 11 is 1.89. The predicted molar refractivity (Wildman–Crippen MR) is 117 cm³/mol. The molecule has 1 amide bonds. The number of fused-ring (bicyclic) bond motifs is 2. The number of ether oxygens (including phenoxy) is 1. The molecule has 5 rings (SSSR count). The molecule has 4 heterocycles. The second kappa shape index (κ2) is 8.36. The molecule has 2 atom stereocenters. The van der Waals surface area contributed by atoms with Gasteiger partial charge in [0.2, 0.25) is 5.91 Å². The quantitative estimate of drug-likeness (QED) is 0.762. The van der Waals surface area contributed by atoms with Crippen LogP contribution in [0.5, 0.6) is 0 Å². The molecule has 0 saturated carbocycles. The van der Waals surface area contributed by atoms with Crippen molar-refractivity contribution in [3.05, 3.63) is 46.8 Å². The highest BCUT2D eigenvalue weighted by Crippen LogP contribution is 2.46. The van der Waals surface area contributed by atoms with Crippen molar-refractivity contribution in [2.45, 2.75) is 43.4 Å². The zero-order chi connectivity index (χ0) is 19.1. The fraction of sp³-hybridized carbons (Fsp3) is 0.500. The highest BCUT2D eigenvalue weighted by molar-refractivity contribution is 7.15. The van der Waals surface area contributed by atoms with Gasteiger partial charge in [0.25, 0.3) is 0 Å². The van der Waals surface area contributed by atoms with Gasteiger partial charge in [0.1, 0.15) is 0 Å². The van der Waals surface area contributed by atoms with Gasteiger partial charge in [-0.1, -0.05) is 30.3 Å². The number of amides is 1. The van der Waals surface area contributed by atoms with Gasteiger partial charge in [0.15, 0.2) is 0 Å². The molecule has 1 spiro atoms. The minimum Gasteiger partial charge on any atom is -0.392 e. The van der Waals surface area contributed by atoms with Gasteiger partial charge in [-0.15, -0.1) is 23.7 Å². The third-order valence-corrected chi connectivity index (χ3v) is 7.60. The number of nitrogens with zero attached hydrogens (tertiary/aromatic N) is 1. The lowest BCUT2D eigenvalue weighted by Crippen LogP contribution is -2.51. The lowest BCUT2D eigenvalue weighted by molar-refractivity contribution is -0.142. The lowest BCUT2D eigenvalue weighted by Gasteiger charge is -2.44. The Bertz CT molecular complexity index is 864. The Morgan fingerprint density at radius 1 is 1.24 bits per heavy atom. The first-order valence-corrected chi connectivity index (χ1v) is 11.0. The fourth-order valence-electron chi connectivity index (χ4n) is 4.79. The number of aliphatic hydroxyl groups excluding tert-OH is 1. The van der Waals surface area contributed by atoms with E-state index in [1.165, 1.54) is 20.9 Å². The Morgan fingerprint density at radius 2 is 2.00 bits per heavy atom. The Balaban J connectivity index is 0.00000205. The van der Waals surface area contributed by atoms with Crippen molar-refractivity contribution in [3.8, 4) is 10.4 Å². The molecule has 7 heteroatoms. The van der Waals surface area contributed by atoms with Gasteiger partial charge in [0, 0.05) is 35.8 Å². The van der Waals surface area contributed by atoms with Gasteiger partial charge >= 0.3 is 0 Å². The summed E-state index contributed by atoms with van der Waals surface area (Å²) < 4.78 is 6.37. The number of likely N-dealkylation sites (tertiary alicyclic amines) is 1. The molecular formula is C22H27ClN2O3S. The number of nitrogens with one attached hydrogen (secondary N) is 1. The van der Waals surface area contributed by atoms with Crippen molar-refractivity contribution >= 4 is 29.7 Å². The van der Waals surface area contributed by atoms with Crippen LogP contribution in [0.4, 0.5) is 0 Å². The molecule has 156 valence electrons. The van der Waals surface area contributed by atoms with E-state index >= 15 is 0 Å². The Kier molecular flexibility index (Phi) is 6.00. The Labute approximate surface area is 181 Å². The number of benzene rings is 1. The van der Waals surface area contributed by atoms with E-state index in [0.29, 0.717) is 26.1 Å². The number of thiophene rings is 1. The first-order valence-electron chi connectivity index (χ1n) is 10.2. The monoisotopic (exact) mass is 434 g/mol. The zero-order valence-corrected chi connectivity index (χ0v) is 17.9. The lowest BCUT2D eigenvalue weighted by atomic mass is 9.82. The number of hydrogen-bond donors (Lipinski definition) is 2. The Morgan fingerprint density at radius 3 is 2.69 bits per heavy atom. The van der Waals surface area contributed by atoms with Crippen LogP contribution in [-0.4, -0.2) is 54.3 Å². The number of hydrogen-bond acceptors (Lipinski definition) is 5. The van der Waals surface area contributed by atoms with Gasteiger partial charge in [-0.2, -0.15) is 0 Å². The molecule has 2 aromatic rings. The number of piperidine rings is 1. The molecule has 0 bridgehead atoms. The highest BCUT2D eigenvalue weighted by Gasteiger charge is 2.44. The largest absolute Gasteiger partial charge is 0.392 e. The number of rotatable bonds is 2. The first kappa shape index (κ1) is 20.8. The summed E-state index contributed by atoms with van der Waals surface area (Å²) in [6.07, 6.45) is 2.77. The van der Waals surface area contributed by atoms with E-state index in [9.17, 15) is 9.90 Å². The molecule has 1 aromatic carbocycles. The van der Waals surface area contributed by atoms with Crippen LogP contribution in [0.2, 0.25) is 0 Å². The summed E-state index contributed by atoms with van der Waals surface area (Å²) in [5, 5.41) is 12.8. The second-order valence-corrected chi connectivity index (χ2v) is 9.22. The molecule has 3 aliphatic heterocycles. The maximum Gasteiger partial charge on any atom is 0.239 e. The molecular weight excluding hydrogens is 408 g/mol. The average Bonchev–Trinajstić information content (AvgIpc) is 3.36. The Hall–Kier alpha value is -1.44. The summed E-state index contributed by atoms with van der Waals surface area (Å²) in [7, 11) is 0. The number of aliphatic hydroxyl groups is 1. The third-order valence-electron chi connectivity index (χ3n) is 6.35. The minimum atomic E-state index is -0.406. The average molecular weight is 435 g/mol. The van der Waals surface area contributed by atoms with Crippen LogP contribution >= 0.6 is 23.7 Å². The number of β-amino-alcohol motifs (C(OH)–C–C–N with tert-alkyl or cyclic N) is 1. The summed E-state index contributed by atoms with van der Waals surface area (Å²) in [6.45, 7) is 2.69. The molecule has 2 fully saturated rings. The van der Waals surface area contributed by atoms with Crippen LogP contribution < -0.4 is 5.32 Å². The van der Waals surface area contributed by atoms with Gasteiger partial charge < -0.3 is 20.1 Å². The summed E-state index contributed by atoms with van der Waals surface area (Å²) in [6, 6.07) is 12.6. The third kappa shape index (κ3) is 3.84. The van der Waals surface area contributed by atoms with Crippen molar-refractivity contribution in [2.75, 3.05) is 26.2 Å². The topological polar surface area (TPSA) is 61.8 Å². The summed E-state index contributed by atoms with van der Waals surface area (Å²) in [5.74, 6) is 0.123. The van der Waals surface area contributed by atoms with E-state index in [-0.39, 0.29) is 30.0 Å². The van der Waals surface area contributed by atoms with Crippen LogP contribution in [0, 0.1) is 0 Å². The van der Waals surface area contributed by atoms with E-state index in [1.807, 2.05) is 22.3 Å². The highest BCUT2D eigenvalue weighted by atomic mass is 35.5. The van der Waals surface area contributed by atoms with Gasteiger partial charge in [-0.05, 0) is 36.5 Å². The van der Waals surface area contributed by atoms with Crippen molar-refractivity contribution in [1.29, 1.82) is 0 Å². The minimum absolute atomic E-state index is 0. The normalized spacial score (nSPS) is 25.5. The zero-order valence-electron chi connectivity index (χ0n) is 16.3. The molecule has 2 saturated heterocycles. The second-order valence-electron chi connectivity index (χ2n) is 8.08. The van der Waals surface area contributed by atoms with Gasteiger partial charge in [0.05, 0.1) is 24.4 Å². The molecule has 0 aliphatic carbocycles. The van der Waals surface area contributed by atoms with E-state index in [1.54, 1.807) is 0 Å².